The summed E-state index contributed by atoms with van der Waals surface area (Å²) in [5.74, 6) is -0.444. The summed E-state index contributed by atoms with van der Waals surface area (Å²) in [6, 6.07) is 7.22. The van der Waals surface area contributed by atoms with Crippen LogP contribution in [0.3, 0.4) is 0 Å². The van der Waals surface area contributed by atoms with E-state index in [0.717, 1.165) is 0 Å². The van der Waals surface area contributed by atoms with Crippen LogP contribution in [0.15, 0.2) is 41.3 Å². The summed E-state index contributed by atoms with van der Waals surface area (Å²) >= 11 is 11.1. The maximum atomic E-state index is 13.3. The number of aromatic amines is 1. The number of nitrogens with zero attached hydrogens (tertiary/aromatic N) is 2. The zero-order valence-electron chi connectivity index (χ0n) is 9.43. The number of rotatable bonds is 1. The molecule has 0 aliphatic carbocycles. The predicted octanol–water partition coefficient (Wildman–Crippen LogP) is 2.94. The quantitative estimate of drug-likeness (QED) is 0.701. The average Bonchev–Trinajstić information content (AvgIpc) is 2.71. The molecular formula is C12H7ClFN3OS. The van der Waals surface area contributed by atoms with E-state index in [0.29, 0.717) is 10.7 Å². The highest BCUT2D eigenvalue weighted by Gasteiger charge is 2.11. The van der Waals surface area contributed by atoms with E-state index in [1.807, 2.05) is 0 Å². The molecule has 96 valence electrons. The van der Waals surface area contributed by atoms with Crippen LogP contribution in [0.4, 0.5) is 4.39 Å². The van der Waals surface area contributed by atoms with Crippen molar-refractivity contribution in [3.63, 3.8) is 0 Å². The van der Waals surface area contributed by atoms with Gasteiger partial charge in [-0.3, -0.25) is 19.0 Å². The molecule has 0 spiro atoms. The second-order valence-electron chi connectivity index (χ2n) is 3.92. The number of fused-ring (bicyclic) bond motifs is 1. The molecule has 0 radical (unpaired) electrons. The molecule has 0 bridgehead atoms. The third-order valence-electron chi connectivity index (χ3n) is 2.73. The molecule has 19 heavy (non-hydrogen) atoms. The van der Waals surface area contributed by atoms with Crippen molar-refractivity contribution >= 4 is 29.3 Å². The smallest absolute Gasteiger partial charge is 0.269 e. The minimum absolute atomic E-state index is 0.162. The van der Waals surface area contributed by atoms with E-state index >= 15 is 0 Å². The lowest BCUT2D eigenvalue weighted by molar-refractivity contribution is 0.625. The fourth-order valence-corrected chi connectivity index (χ4v) is 2.42. The van der Waals surface area contributed by atoms with E-state index in [4.69, 9.17) is 23.8 Å². The second kappa shape index (κ2) is 4.32. The first kappa shape index (κ1) is 12.1. The van der Waals surface area contributed by atoms with Gasteiger partial charge in [-0.25, -0.2) is 4.39 Å². The Hall–Kier alpha value is -1.92. The normalized spacial score (nSPS) is 11.1. The minimum atomic E-state index is -0.444. The monoisotopic (exact) mass is 295 g/mol. The molecule has 0 aliphatic heterocycles. The van der Waals surface area contributed by atoms with E-state index < -0.39 is 11.4 Å². The molecule has 0 saturated heterocycles. The minimum Gasteiger partial charge on any atom is -0.269 e. The molecule has 0 unspecified atom stereocenters. The van der Waals surface area contributed by atoms with Gasteiger partial charge in [0.05, 0.1) is 10.7 Å². The van der Waals surface area contributed by atoms with Crippen LogP contribution in [0.25, 0.3) is 11.2 Å². The molecular weight excluding hydrogens is 289 g/mol. The van der Waals surface area contributed by atoms with Gasteiger partial charge in [0.25, 0.3) is 5.56 Å². The van der Waals surface area contributed by atoms with Crippen molar-refractivity contribution in [1.82, 2.24) is 14.2 Å². The van der Waals surface area contributed by atoms with Crippen molar-refractivity contribution in [3.05, 3.63) is 62.5 Å². The lowest BCUT2D eigenvalue weighted by Crippen LogP contribution is -2.23. The second-order valence-corrected chi connectivity index (χ2v) is 4.71. The van der Waals surface area contributed by atoms with E-state index in [1.54, 1.807) is 18.3 Å². The van der Waals surface area contributed by atoms with Crippen LogP contribution in [0.5, 0.6) is 0 Å². The number of hydrogen-bond donors (Lipinski definition) is 1. The van der Waals surface area contributed by atoms with Crippen LogP contribution in [-0.4, -0.2) is 14.2 Å². The van der Waals surface area contributed by atoms with Crippen molar-refractivity contribution in [2.75, 3.05) is 0 Å². The third-order valence-corrected chi connectivity index (χ3v) is 3.31. The van der Waals surface area contributed by atoms with Crippen LogP contribution >= 0.6 is 23.8 Å². The molecule has 3 aromatic rings. The molecule has 2 heterocycles. The SMILES string of the molecule is O=c1c2c(Cl)ccn2[nH]c(=S)n1-c1cccc(F)c1. The fourth-order valence-electron chi connectivity index (χ4n) is 1.91. The van der Waals surface area contributed by atoms with E-state index in [9.17, 15) is 9.18 Å². The Kier molecular flexibility index (Phi) is 2.76. The van der Waals surface area contributed by atoms with Gasteiger partial charge >= 0.3 is 0 Å². The van der Waals surface area contributed by atoms with Crippen molar-refractivity contribution < 1.29 is 4.39 Å². The molecule has 0 fully saturated rings. The van der Waals surface area contributed by atoms with Crippen molar-refractivity contribution in [2.45, 2.75) is 0 Å². The molecule has 4 nitrogen and oxygen atoms in total. The maximum Gasteiger partial charge on any atom is 0.284 e. The molecule has 0 aliphatic rings. The number of benzene rings is 1. The van der Waals surface area contributed by atoms with Crippen LogP contribution < -0.4 is 5.56 Å². The predicted molar refractivity (Wildman–Crippen MR) is 73.1 cm³/mol. The summed E-state index contributed by atoms with van der Waals surface area (Å²) in [5.41, 5.74) is 0.217. The maximum absolute atomic E-state index is 13.3. The van der Waals surface area contributed by atoms with E-state index in [-0.39, 0.29) is 10.3 Å². The van der Waals surface area contributed by atoms with Gasteiger partial charge < -0.3 is 0 Å². The average molecular weight is 296 g/mol. The van der Waals surface area contributed by atoms with Crippen LogP contribution in [0.1, 0.15) is 0 Å². The number of nitrogens with one attached hydrogen (secondary N) is 1. The molecule has 1 aromatic carbocycles. The van der Waals surface area contributed by atoms with E-state index in [1.165, 1.54) is 27.3 Å². The van der Waals surface area contributed by atoms with Gasteiger partial charge in [-0.05, 0) is 36.5 Å². The molecule has 1 N–H and O–H groups in total. The van der Waals surface area contributed by atoms with Gasteiger partial charge in [0.2, 0.25) is 0 Å². The summed E-state index contributed by atoms with van der Waals surface area (Å²) in [7, 11) is 0. The highest BCUT2D eigenvalue weighted by molar-refractivity contribution is 7.71. The van der Waals surface area contributed by atoms with Crippen molar-refractivity contribution in [3.8, 4) is 5.69 Å². The topological polar surface area (TPSA) is 42.2 Å². The molecule has 0 saturated carbocycles. The molecule has 0 amide bonds. The third kappa shape index (κ3) is 1.89. The Morgan fingerprint density at radius 3 is 2.84 bits per heavy atom. The molecule has 3 rings (SSSR count). The first-order chi connectivity index (χ1) is 9.08. The van der Waals surface area contributed by atoms with Gasteiger partial charge in [-0.15, -0.1) is 0 Å². The van der Waals surface area contributed by atoms with Gasteiger partial charge in [-0.1, -0.05) is 17.7 Å². The molecule has 7 heteroatoms. The number of hydrogen-bond acceptors (Lipinski definition) is 2. The van der Waals surface area contributed by atoms with Crippen molar-refractivity contribution in [1.29, 1.82) is 0 Å². The largest absolute Gasteiger partial charge is 0.284 e. The highest BCUT2D eigenvalue weighted by Crippen LogP contribution is 2.15. The lowest BCUT2D eigenvalue weighted by atomic mass is 10.3. The Balaban J connectivity index is 2.45. The fraction of sp³-hybridized carbons (Fsp3) is 0. The number of aromatic nitrogens is 3. The zero-order valence-corrected chi connectivity index (χ0v) is 11.0. The highest BCUT2D eigenvalue weighted by atomic mass is 35.5. The molecule has 0 atom stereocenters. The van der Waals surface area contributed by atoms with Crippen LogP contribution in [0, 0.1) is 10.6 Å². The first-order valence-electron chi connectivity index (χ1n) is 5.36. The standard InChI is InChI=1S/C12H7ClFN3OS/c13-9-4-5-16-10(9)11(18)17(12(19)15-16)8-3-1-2-7(14)6-8/h1-6H,(H,15,19). The zero-order chi connectivity index (χ0) is 13.6. The van der Waals surface area contributed by atoms with E-state index in [2.05, 4.69) is 5.10 Å². The first-order valence-corrected chi connectivity index (χ1v) is 6.14. The van der Waals surface area contributed by atoms with Gasteiger partial charge in [-0.2, -0.15) is 0 Å². The van der Waals surface area contributed by atoms with Crippen molar-refractivity contribution in [2.24, 2.45) is 0 Å². The summed E-state index contributed by atoms with van der Waals surface area (Å²) in [6.45, 7) is 0. The number of halogens is 2. The lowest BCUT2D eigenvalue weighted by Gasteiger charge is -2.07. The Bertz CT molecular complexity index is 896. The van der Waals surface area contributed by atoms with Gasteiger partial charge in [0.1, 0.15) is 11.3 Å². The van der Waals surface area contributed by atoms with Crippen LogP contribution in [0.2, 0.25) is 5.02 Å². The molecule has 2 aromatic heterocycles. The number of H-pyrrole nitrogens is 1. The van der Waals surface area contributed by atoms with Crippen LogP contribution in [-0.2, 0) is 0 Å². The summed E-state index contributed by atoms with van der Waals surface area (Å²) in [5, 5.41) is 3.13. The summed E-state index contributed by atoms with van der Waals surface area (Å²) < 4.78 is 16.1. The van der Waals surface area contributed by atoms with Gasteiger partial charge in [0.15, 0.2) is 4.77 Å². The van der Waals surface area contributed by atoms with Gasteiger partial charge in [0, 0.05) is 6.20 Å². The summed E-state index contributed by atoms with van der Waals surface area (Å²) in [6.07, 6.45) is 1.60. The Morgan fingerprint density at radius 2 is 2.11 bits per heavy atom. The Labute approximate surface area is 116 Å². The Morgan fingerprint density at radius 1 is 1.32 bits per heavy atom. The summed E-state index contributed by atoms with van der Waals surface area (Å²) in [4.78, 5) is 12.4.